The van der Waals surface area contributed by atoms with Gasteiger partial charge in [-0.3, -0.25) is 9.59 Å². The number of anilines is 2. The summed E-state index contributed by atoms with van der Waals surface area (Å²) in [7, 11) is 1.52. The van der Waals surface area contributed by atoms with Crippen molar-refractivity contribution in [3.05, 3.63) is 83.9 Å². The first kappa shape index (κ1) is 33.6. The van der Waals surface area contributed by atoms with Crippen LogP contribution >= 0.6 is 0 Å². The van der Waals surface area contributed by atoms with Crippen molar-refractivity contribution in [3.8, 4) is 16.9 Å². The molecular weight excluding hydrogens is 614 g/mol. The molecule has 254 valence electrons. The Labute approximate surface area is 281 Å². The Hall–Kier alpha value is -4.28. The van der Waals surface area contributed by atoms with E-state index >= 15 is 0 Å². The van der Waals surface area contributed by atoms with Gasteiger partial charge in [0.1, 0.15) is 0 Å². The summed E-state index contributed by atoms with van der Waals surface area (Å²) in [6.07, 6.45) is 0.995. The number of carbonyl (C=O) groups is 2. The van der Waals surface area contributed by atoms with Crippen molar-refractivity contribution in [2.75, 3.05) is 49.7 Å². The first-order valence-electron chi connectivity index (χ1n) is 16.9. The van der Waals surface area contributed by atoms with Crippen LogP contribution in [0.5, 0.6) is 5.75 Å². The molecule has 1 aliphatic carbocycles. The van der Waals surface area contributed by atoms with E-state index in [4.69, 9.17) is 9.47 Å². The summed E-state index contributed by atoms with van der Waals surface area (Å²) in [6, 6.07) is 21.7. The number of alkyl halides is 2. The normalized spacial score (nSPS) is 20.6. The summed E-state index contributed by atoms with van der Waals surface area (Å²) in [5, 5.41) is 6.87. The molecular formula is C38H44F2N4O4. The number of piperidine rings is 1. The number of allylic oxidation sites excluding steroid dienone is 1. The second kappa shape index (κ2) is 14.5. The van der Waals surface area contributed by atoms with Crippen molar-refractivity contribution < 1.29 is 27.8 Å². The number of hydrogen-bond acceptors (Lipinski definition) is 6. The van der Waals surface area contributed by atoms with Crippen LogP contribution in [0.15, 0.2) is 72.8 Å². The molecule has 1 saturated heterocycles. The van der Waals surface area contributed by atoms with Crippen LogP contribution in [0.4, 0.5) is 20.2 Å². The molecule has 1 saturated carbocycles. The van der Waals surface area contributed by atoms with E-state index < -0.39 is 12.0 Å². The molecule has 48 heavy (non-hydrogen) atoms. The third kappa shape index (κ3) is 6.96. The Morgan fingerprint density at radius 3 is 2.60 bits per heavy atom. The van der Waals surface area contributed by atoms with Crippen LogP contribution in [0.3, 0.4) is 0 Å². The largest absolute Gasteiger partial charge is 0.482 e. The van der Waals surface area contributed by atoms with Crippen LogP contribution in [-0.4, -0.2) is 63.9 Å². The number of halogens is 2. The molecule has 3 aromatic carbocycles. The van der Waals surface area contributed by atoms with Gasteiger partial charge in [0.25, 0.3) is 0 Å². The molecule has 2 amide bonds. The molecule has 0 spiro atoms. The zero-order valence-electron chi connectivity index (χ0n) is 27.8. The summed E-state index contributed by atoms with van der Waals surface area (Å²) < 4.78 is 39.0. The molecule has 0 unspecified atom stereocenters. The van der Waals surface area contributed by atoms with Crippen molar-refractivity contribution in [2.45, 2.75) is 57.6 Å². The minimum absolute atomic E-state index is 0.00772. The maximum Gasteiger partial charge on any atom is 0.482 e. The number of ether oxygens (including phenoxy) is 2. The van der Waals surface area contributed by atoms with Crippen LogP contribution in [0.2, 0.25) is 0 Å². The highest BCUT2D eigenvalue weighted by Gasteiger charge is 2.51. The second-order valence-electron chi connectivity index (χ2n) is 12.7. The average molecular weight is 659 g/mol. The van der Waals surface area contributed by atoms with Crippen molar-refractivity contribution in [1.29, 1.82) is 0 Å². The number of fused-ring (bicyclic) bond motifs is 1. The second-order valence-corrected chi connectivity index (χ2v) is 12.7. The van der Waals surface area contributed by atoms with Gasteiger partial charge < -0.3 is 29.9 Å². The molecule has 3 aliphatic rings. The van der Waals surface area contributed by atoms with Gasteiger partial charge in [-0.05, 0) is 98.5 Å². The SMILES string of the molecule is C/C=C(/NCC)c1cccc(-c2cccc([C@H]3CCNC[C@@H]3C(=O)N(c3ccc4c(c3)N(CCCOC)C(=O)C(F)(F)O4)C3CC3)c2)c1. The number of rotatable bonds is 12. The highest BCUT2D eigenvalue weighted by molar-refractivity contribution is 6.03. The maximum atomic E-state index is 14.6. The Bertz CT molecular complexity index is 1670. The van der Waals surface area contributed by atoms with E-state index in [2.05, 4.69) is 72.2 Å². The molecule has 2 atom stereocenters. The molecule has 2 fully saturated rings. The van der Waals surface area contributed by atoms with Gasteiger partial charge in [0.05, 0.1) is 11.6 Å². The van der Waals surface area contributed by atoms with Crippen LogP contribution < -0.4 is 25.2 Å². The van der Waals surface area contributed by atoms with Crippen molar-refractivity contribution in [3.63, 3.8) is 0 Å². The molecule has 10 heteroatoms. The zero-order valence-corrected chi connectivity index (χ0v) is 27.8. The van der Waals surface area contributed by atoms with E-state index in [9.17, 15) is 18.4 Å². The lowest BCUT2D eigenvalue weighted by molar-refractivity contribution is -0.192. The summed E-state index contributed by atoms with van der Waals surface area (Å²) >= 11 is 0. The summed E-state index contributed by atoms with van der Waals surface area (Å²) in [5.74, 6) is -1.86. The number of amides is 2. The lowest BCUT2D eigenvalue weighted by Gasteiger charge is -2.37. The Balaban J connectivity index is 1.30. The minimum atomic E-state index is -3.97. The fourth-order valence-electron chi connectivity index (χ4n) is 6.91. The Morgan fingerprint density at radius 1 is 1.10 bits per heavy atom. The van der Waals surface area contributed by atoms with Gasteiger partial charge in [-0.15, -0.1) is 0 Å². The number of hydrogen-bond donors (Lipinski definition) is 2. The molecule has 8 nitrogen and oxygen atoms in total. The molecule has 2 heterocycles. The van der Waals surface area contributed by atoms with Crippen LogP contribution in [0.1, 0.15) is 56.6 Å². The third-order valence-corrected chi connectivity index (χ3v) is 9.40. The molecule has 2 aliphatic heterocycles. The van der Waals surface area contributed by atoms with E-state index in [-0.39, 0.29) is 41.8 Å². The van der Waals surface area contributed by atoms with Crippen molar-refractivity contribution >= 4 is 28.9 Å². The number of nitrogens with zero attached hydrogens (tertiary/aromatic N) is 2. The summed E-state index contributed by atoms with van der Waals surface area (Å²) in [5.41, 5.74) is 6.34. The lowest BCUT2D eigenvalue weighted by atomic mass is 9.79. The third-order valence-electron chi connectivity index (χ3n) is 9.40. The van der Waals surface area contributed by atoms with Gasteiger partial charge in [-0.25, -0.2) is 0 Å². The molecule has 6 rings (SSSR count). The maximum absolute atomic E-state index is 14.6. The quantitative estimate of drug-likeness (QED) is 0.215. The van der Waals surface area contributed by atoms with Gasteiger partial charge in [0.15, 0.2) is 5.75 Å². The van der Waals surface area contributed by atoms with Crippen molar-refractivity contribution in [1.82, 2.24) is 10.6 Å². The number of methoxy groups -OCH3 is 1. The van der Waals surface area contributed by atoms with E-state index in [1.165, 1.54) is 13.2 Å². The predicted octanol–water partition coefficient (Wildman–Crippen LogP) is 6.57. The predicted molar refractivity (Wildman–Crippen MR) is 184 cm³/mol. The molecule has 0 radical (unpaired) electrons. The molecule has 0 bridgehead atoms. The van der Waals surface area contributed by atoms with Gasteiger partial charge in [0, 0.05) is 50.8 Å². The fraction of sp³-hybridized carbons (Fsp3) is 0.421. The van der Waals surface area contributed by atoms with Gasteiger partial charge in [-0.2, -0.15) is 8.78 Å². The molecule has 3 aromatic rings. The number of carbonyl (C=O) groups excluding carboxylic acids is 2. The minimum Gasteiger partial charge on any atom is -0.423 e. The average Bonchev–Trinajstić information content (AvgIpc) is 3.94. The molecule has 0 aromatic heterocycles. The Morgan fingerprint density at radius 2 is 1.88 bits per heavy atom. The first-order valence-corrected chi connectivity index (χ1v) is 16.9. The smallest absolute Gasteiger partial charge is 0.423 e. The molecule has 2 N–H and O–H groups in total. The van der Waals surface area contributed by atoms with Gasteiger partial charge >= 0.3 is 12.0 Å². The summed E-state index contributed by atoms with van der Waals surface area (Å²) in [4.78, 5) is 30.2. The highest BCUT2D eigenvalue weighted by Crippen LogP contribution is 2.44. The van der Waals surface area contributed by atoms with Crippen LogP contribution in [-0.2, 0) is 14.3 Å². The van der Waals surface area contributed by atoms with Gasteiger partial charge in [-0.1, -0.05) is 48.5 Å². The first-order chi connectivity index (χ1) is 23.2. The highest BCUT2D eigenvalue weighted by atomic mass is 19.3. The van der Waals surface area contributed by atoms with Gasteiger partial charge in [0.2, 0.25) is 5.91 Å². The fourth-order valence-corrected chi connectivity index (χ4v) is 6.91. The topological polar surface area (TPSA) is 83.1 Å². The van der Waals surface area contributed by atoms with E-state index in [0.717, 1.165) is 65.2 Å². The van der Waals surface area contributed by atoms with E-state index in [1.807, 2.05) is 11.8 Å². The Kier molecular flexibility index (Phi) is 10.1. The van der Waals surface area contributed by atoms with E-state index in [0.29, 0.717) is 25.3 Å². The summed E-state index contributed by atoms with van der Waals surface area (Å²) in [6.45, 7) is 6.63. The van der Waals surface area contributed by atoms with Crippen LogP contribution in [0.25, 0.3) is 16.8 Å². The van der Waals surface area contributed by atoms with E-state index in [1.54, 1.807) is 12.1 Å². The lowest BCUT2D eigenvalue weighted by Crippen LogP contribution is -2.51. The zero-order chi connectivity index (χ0) is 33.8. The number of nitrogens with one attached hydrogen (secondary N) is 2. The van der Waals surface area contributed by atoms with Crippen LogP contribution in [0, 0.1) is 5.92 Å². The standard InChI is InChI=1S/C38H44F2N4O4/c1-4-33(42-5-2)28-12-7-10-26(22-28)25-9-6-11-27(21-25)31-17-18-41-24-32(31)36(45)44(29-13-14-29)30-15-16-35-34(23-30)43(19-8-20-47-3)37(46)38(39,40)48-35/h4,6-7,9-12,15-16,21-23,29,31-32,41-42H,5,8,13-14,17-20,24H2,1-3H3/b33-4+/t31-,32+/m1/s1. The number of benzene rings is 3. The monoisotopic (exact) mass is 658 g/mol. The van der Waals surface area contributed by atoms with Crippen molar-refractivity contribution in [2.24, 2.45) is 5.92 Å².